The van der Waals surface area contributed by atoms with E-state index in [2.05, 4.69) is 37.9 Å². The summed E-state index contributed by atoms with van der Waals surface area (Å²) >= 11 is 6.11. The van der Waals surface area contributed by atoms with Crippen LogP contribution in [0.3, 0.4) is 0 Å². The molecule has 2 saturated heterocycles. The molecule has 6 heteroatoms. The summed E-state index contributed by atoms with van der Waals surface area (Å²) in [6.45, 7) is 8.14. The molecule has 0 bridgehead atoms. The zero-order chi connectivity index (χ0) is 28.8. The fourth-order valence-electron chi connectivity index (χ4n) is 10.3. The van der Waals surface area contributed by atoms with Crippen molar-refractivity contribution in [3.8, 4) is 5.75 Å². The highest BCUT2D eigenvalue weighted by atomic mass is 35.5. The lowest BCUT2D eigenvalue weighted by atomic mass is 9.53. The average Bonchev–Trinajstić information content (AvgIpc) is 3.59. The second-order valence-electron chi connectivity index (χ2n) is 14.4. The van der Waals surface area contributed by atoms with E-state index in [1.54, 1.807) is 0 Å². The maximum atomic E-state index is 12.9. The molecule has 1 N–H and O–H groups in total. The number of nitrogens with one attached hydrogen (secondary N) is 1. The van der Waals surface area contributed by atoms with E-state index < -0.39 is 0 Å². The lowest BCUT2D eigenvalue weighted by molar-refractivity contribution is -0.272. The predicted molar refractivity (Wildman–Crippen MR) is 164 cm³/mol. The van der Waals surface area contributed by atoms with E-state index in [-0.39, 0.29) is 18.2 Å². The normalized spacial score (nSPS) is 38.6. The van der Waals surface area contributed by atoms with Crippen LogP contribution in [0, 0.1) is 35.0 Å². The molecule has 42 heavy (non-hydrogen) atoms. The number of halogens is 1. The Morgan fingerprint density at radius 1 is 1.12 bits per heavy atom. The molecule has 9 atom stereocenters. The molecular weight excluding hydrogens is 546 g/mol. The smallest absolute Gasteiger partial charge is 0.315 e. The number of hydrogen-bond acceptors (Lipinski definition) is 4. The molecule has 8 rings (SSSR count). The summed E-state index contributed by atoms with van der Waals surface area (Å²) in [4.78, 5) is 16.1. The van der Waals surface area contributed by atoms with E-state index in [0.29, 0.717) is 57.8 Å². The topological polar surface area (TPSA) is 60.6 Å². The number of hydrogen-bond donors (Lipinski definition) is 1. The van der Waals surface area contributed by atoms with Crippen molar-refractivity contribution in [3.05, 3.63) is 64.3 Å². The van der Waals surface area contributed by atoms with Crippen LogP contribution < -0.4 is 4.74 Å². The lowest BCUT2D eigenvalue weighted by Crippen LogP contribution is -2.48. The Balaban J connectivity index is 0.968. The molecule has 2 aliphatic heterocycles. The summed E-state index contributed by atoms with van der Waals surface area (Å²) in [6, 6.07) is 12.1. The first-order chi connectivity index (χ1) is 20.2. The quantitative estimate of drug-likeness (QED) is 0.248. The van der Waals surface area contributed by atoms with E-state index in [1.165, 1.54) is 43.2 Å². The van der Waals surface area contributed by atoms with E-state index in [0.717, 1.165) is 35.9 Å². The van der Waals surface area contributed by atoms with Crippen molar-refractivity contribution in [1.82, 2.24) is 4.98 Å². The molecule has 4 fully saturated rings. The van der Waals surface area contributed by atoms with Crippen LogP contribution in [0.15, 0.2) is 42.6 Å². The summed E-state index contributed by atoms with van der Waals surface area (Å²) < 4.78 is 19.3. The van der Waals surface area contributed by atoms with Crippen molar-refractivity contribution >= 4 is 28.5 Å². The van der Waals surface area contributed by atoms with Gasteiger partial charge in [0.25, 0.3) is 0 Å². The number of fused-ring (bicyclic) bond motifs is 8. The van der Waals surface area contributed by atoms with Crippen LogP contribution in [0.4, 0.5) is 0 Å². The van der Waals surface area contributed by atoms with E-state index in [9.17, 15) is 4.79 Å². The monoisotopic (exact) mass is 587 g/mol. The van der Waals surface area contributed by atoms with Crippen LogP contribution in [0.2, 0.25) is 5.02 Å². The number of esters is 1. The second-order valence-corrected chi connectivity index (χ2v) is 14.9. The molecule has 5 nitrogen and oxygen atoms in total. The van der Waals surface area contributed by atoms with Crippen LogP contribution in [-0.2, 0) is 27.1 Å². The Hall–Kier alpha value is -2.34. The van der Waals surface area contributed by atoms with Crippen LogP contribution in [0.1, 0.15) is 81.9 Å². The lowest BCUT2D eigenvalue weighted by Gasteiger charge is -2.52. The molecule has 0 radical (unpaired) electrons. The number of rotatable bonds is 3. The van der Waals surface area contributed by atoms with Crippen LogP contribution in [-0.4, -0.2) is 29.5 Å². The first-order valence-electron chi connectivity index (χ1n) is 16.1. The average molecular weight is 588 g/mol. The van der Waals surface area contributed by atoms with Crippen LogP contribution in [0.5, 0.6) is 5.75 Å². The molecular formula is C36H42ClNO4. The van der Waals surface area contributed by atoms with Gasteiger partial charge in [0.15, 0.2) is 5.79 Å². The largest absolute Gasteiger partial charge is 0.426 e. The van der Waals surface area contributed by atoms with Gasteiger partial charge >= 0.3 is 5.97 Å². The van der Waals surface area contributed by atoms with Gasteiger partial charge in [0.1, 0.15) is 5.75 Å². The summed E-state index contributed by atoms with van der Waals surface area (Å²) in [5.74, 6) is 3.74. The van der Waals surface area contributed by atoms with Gasteiger partial charge < -0.3 is 19.2 Å². The number of ether oxygens (including phenoxy) is 3. The summed E-state index contributed by atoms with van der Waals surface area (Å²) in [6.07, 6.45) is 10.6. The Morgan fingerprint density at radius 3 is 2.83 bits per heavy atom. The van der Waals surface area contributed by atoms with Crippen molar-refractivity contribution in [2.45, 2.75) is 89.9 Å². The highest BCUT2D eigenvalue weighted by Gasteiger charge is 2.67. The minimum Gasteiger partial charge on any atom is -0.426 e. The van der Waals surface area contributed by atoms with Crippen LogP contribution in [0.25, 0.3) is 10.9 Å². The van der Waals surface area contributed by atoms with Gasteiger partial charge in [-0.05, 0) is 114 Å². The summed E-state index contributed by atoms with van der Waals surface area (Å²) in [5.41, 5.74) is 5.02. The van der Waals surface area contributed by atoms with Gasteiger partial charge in [-0.25, -0.2) is 0 Å². The summed E-state index contributed by atoms with van der Waals surface area (Å²) in [5, 5.41) is 1.68. The molecule has 3 aliphatic carbocycles. The number of aryl methyl sites for hydroxylation is 1. The Bertz CT molecular complexity index is 1540. The Morgan fingerprint density at radius 2 is 2.00 bits per heavy atom. The standard InChI is InChI=1S/C36H42ClNO4/c1-20-10-13-36(40-19-20)21(2)34-32(42-36)17-30-29-7-4-22-14-25(6-9-26(22)28(29)11-12-35(30,34)3)41-33(39)15-23-18-38-31-16-24(37)5-8-27(23)31/h5-6,8-9,14,16,18,20-21,28-30,32,34,38H,4,7,10-13,15,17,19H2,1-3H3/t20-,21+,28-,29-,30+,32+,34+,35+,36-/m1/s1. The third kappa shape index (κ3) is 4.13. The maximum Gasteiger partial charge on any atom is 0.315 e. The minimum atomic E-state index is -0.346. The van der Waals surface area contributed by atoms with Crippen molar-refractivity contribution in [3.63, 3.8) is 0 Å². The van der Waals surface area contributed by atoms with E-state index >= 15 is 0 Å². The molecule has 0 unspecified atom stereocenters. The second kappa shape index (κ2) is 9.84. The Labute approximate surface area is 253 Å². The molecule has 1 spiro atoms. The zero-order valence-corrected chi connectivity index (χ0v) is 25.7. The number of aromatic amines is 1. The highest BCUT2D eigenvalue weighted by Crippen LogP contribution is 2.69. The van der Waals surface area contributed by atoms with Crippen molar-refractivity contribution in [2.75, 3.05) is 6.61 Å². The summed E-state index contributed by atoms with van der Waals surface area (Å²) in [7, 11) is 0. The van der Waals surface area contributed by atoms with Crippen molar-refractivity contribution in [2.24, 2.45) is 35.0 Å². The molecule has 2 aromatic carbocycles. The van der Waals surface area contributed by atoms with Crippen LogP contribution >= 0.6 is 11.6 Å². The zero-order valence-electron chi connectivity index (χ0n) is 25.0. The van der Waals surface area contributed by atoms with Gasteiger partial charge in [0, 0.05) is 34.5 Å². The van der Waals surface area contributed by atoms with Crippen molar-refractivity contribution in [1.29, 1.82) is 0 Å². The van der Waals surface area contributed by atoms with Gasteiger partial charge in [0.05, 0.1) is 19.1 Å². The number of aromatic nitrogens is 1. The SMILES string of the molecule is C[C@@H]1CC[C@@]2(OC1)O[C@H]1C[C@H]3[C@@H]4CCc5cc(OC(=O)Cc6c[nH]c7cc(Cl)ccc67)ccc5[C@H]4CC[C@]3(C)[C@H]1[C@@H]2C. The molecule has 1 aromatic heterocycles. The van der Waals surface area contributed by atoms with Gasteiger partial charge in [0.2, 0.25) is 0 Å². The molecule has 0 amide bonds. The third-order valence-corrected chi connectivity index (χ3v) is 12.5. The first kappa shape index (κ1) is 27.2. The van der Waals surface area contributed by atoms with Gasteiger partial charge in [-0.2, -0.15) is 0 Å². The Kier molecular flexibility index (Phi) is 6.38. The van der Waals surface area contributed by atoms with Gasteiger partial charge in [-0.15, -0.1) is 0 Å². The molecule has 2 saturated carbocycles. The van der Waals surface area contributed by atoms with Crippen molar-refractivity contribution < 1.29 is 19.0 Å². The van der Waals surface area contributed by atoms with Gasteiger partial charge in [-0.3, -0.25) is 4.79 Å². The fraction of sp³-hybridized carbons (Fsp3) is 0.583. The maximum absolute atomic E-state index is 12.9. The number of carbonyl (C=O) groups is 1. The highest BCUT2D eigenvalue weighted by molar-refractivity contribution is 6.31. The van der Waals surface area contributed by atoms with Gasteiger partial charge in [-0.1, -0.05) is 44.5 Å². The van der Waals surface area contributed by atoms with E-state index in [1.807, 2.05) is 30.5 Å². The molecule has 222 valence electrons. The number of carbonyl (C=O) groups excluding carboxylic acids is 1. The van der Waals surface area contributed by atoms with E-state index in [4.69, 9.17) is 25.8 Å². The number of benzene rings is 2. The minimum absolute atomic E-state index is 0.220. The molecule has 5 aliphatic rings. The number of H-pyrrole nitrogens is 1. The molecule has 3 heterocycles. The third-order valence-electron chi connectivity index (χ3n) is 12.3. The predicted octanol–water partition coefficient (Wildman–Crippen LogP) is 8.23. The first-order valence-corrected chi connectivity index (χ1v) is 16.5. The molecule has 3 aromatic rings. The fourth-order valence-corrected chi connectivity index (χ4v) is 10.4.